The first kappa shape index (κ1) is 13.6. The molecular formula is C12H13NO5. The van der Waals surface area contributed by atoms with Crippen LogP contribution in [0.1, 0.15) is 5.56 Å². The molecule has 0 spiro atoms. The molecule has 6 nitrogen and oxygen atoms in total. The average molecular weight is 251 g/mol. The van der Waals surface area contributed by atoms with E-state index in [0.717, 1.165) is 12.7 Å². The van der Waals surface area contributed by atoms with Crippen LogP contribution in [0.3, 0.4) is 0 Å². The minimum atomic E-state index is -0.867. The highest BCUT2D eigenvalue weighted by Crippen LogP contribution is 2.01. The molecule has 0 radical (unpaired) electrons. The van der Waals surface area contributed by atoms with E-state index in [1.165, 1.54) is 0 Å². The fourth-order valence-electron chi connectivity index (χ4n) is 1.12. The van der Waals surface area contributed by atoms with Gasteiger partial charge in [0.25, 0.3) is 0 Å². The summed E-state index contributed by atoms with van der Waals surface area (Å²) in [6.45, 7) is 0.0621. The second kappa shape index (κ2) is 6.95. The third kappa shape index (κ3) is 4.17. The summed E-state index contributed by atoms with van der Waals surface area (Å²) in [5.74, 6) is -0.867. The largest absolute Gasteiger partial charge is 0.513 e. The van der Waals surface area contributed by atoms with Crippen molar-refractivity contribution < 1.29 is 24.2 Å². The van der Waals surface area contributed by atoms with E-state index in [0.29, 0.717) is 6.26 Å². The number of benzene rings is 1. The fourth-order valence-corrected chi connectivity index (χ4v) is 1.12. The van der Waals surface area contributed by atoms with Crippen LogP contribution in [-0.2, 0) is 20.9 Å². The Kier molecular flexibility index (Phi) is 5.24. The maximum atomic E-state index is 11.3. The van der Waals surface area contributed by atoms with E-state index in [1.807, 2.05) is 18.2 Å². The number of aliphatic hydroxyl groups is 1. The summed E-state index contributed by atoms with van der Waals surface area (Å²) < 4.78 is 9.17. The van der Waals surface area contributed by atoms with Gasteiger partial charge < -0.3 is 14.6 Å². The predicted molar refractivity (Wildman–Crippen MR) is 62.5 cm³/mol. The first-order valence-electron chi connectivity index (χ1n) is 5.07. The van der Waals surface area contributed by atoms with Gasteiger partial charge in [-0.3, -0.25) is 5.32 Å². The van der Waals surface area contributed by atoms with Crippen LogP contribution in [0.25, 0.3) is 0 Å². The van der Waals surface area contributed by atoms with E-state index >= 15 is 0 Å². The SMILES string of the molecule is COC(=O)/C(=C/O)NC(=O)OCc1ccccc1. The predicted octanol–water partition coefficient (Wildman–Crippen LogP) is 1.49. The van der Waals surface area contributed by atoms with Gasteiger partial charge in [-0.25, -0.2) is 9.59 Å². The van der Waals surface area contributed by atoms with Crippen molar-refractivity contribution in [2.75, 3.05) is 7.11 Å². The van der Waals surface area contributed by atoms with Crippen molar-refractivity contribution >= 4 is 12.1 Å². The first-order chi connectivity index (χ1) is 8.67. The summed E-state index contributed by atoms with van der Waals surface area (Å²) in [4.78, 5) is 22.3. The van der Waals surface area contributed by atoms with Crippen LogP contribution >= 0.6 is 0 Å². The minimum absolute atomic E-state index is 0.0621. The van der Waals surface area contributed by atoms with Crippen LogP contribution in [0.4, 0.5) is 4.79 Å². The number of hydrogen-bond acceptors (Lipinski definition) is 5. The van der Waals surface area contributed by atoms with E-state index in [4.69, 9.17) is 9.84 Å². The molecule has 0 heterocycles. The Morgan fingerprint density at radius 2 is 2.00 bits per heavy atom. The lowest BCUT2D eigenvalue weighted by Gasteiger charge is -2.07. The van der Waals surface area contributed by atoms with E-state index in [-0.39, 0.29) is 6.61 Å². The Morgan fingerprint density at radius 1 is 1.33 bits per heavy atom. The molecule has 0 unspecified atom stereocenters. The molecule has 96 valence electrons. The van der Waals surface area contributed by atoms with Crippen molar-refractivity contribution in [3.05, 3.63) is 47.9 Å². The van der Waals surface area contributed by atoms with Gasteiger partial charge in [0.2, 0.25) is 0 Å². The number of ether oxygens (including phenoxy) is 2. The second-order valence-corrected chi connectivity index (χ2v) is 3.22. The molecular weight excluding hydrogens is 238 g/mol. The maximum Gasteiger partial charge on any atom is 0.412 e. The summed E-state index contributed by atoms with van der Waals surface area (Å²) in [6.07, 6.45) is -0.417. The van der Waals surface area contributed by atoms with Gasteiger partial charge in [-0.1, -0.05) is 30.3 Å². The molecule has 2 N–H and O–H groups in total. The van der Waals surface area contributed by atoms with Crippen molar-refractivity contribution in [3.63, 3.8) is 0 Å². The Balaban J connectivity index is 2.45. The monoisotopic (exact) mass is 251 g/mol. The van der Waals surface area contributed by atoms with Crippen LogP contribution < -0.4 is 5.32 Å². The Labute approximate surface area is 104 Å². The normalized spacial score (nSPS) is 10.6. The summed E-state index contributed by atoms with van der Waals surface area (Å²) >= 11 is 0. The van der Waals surface area contributed by atoms with Crippen LogP contribution in [-0.4, -0.2) is 24.3 Å². The molecule has 0 saturated carbocycles. The smallest absolute Gasteiger partial charge is 0.412 e. The summed E-state index contributed by atoms with van der Waals surface area (Å²) in [6, 6.07) is 9.04. The van der Waals surface area contributed by atoms with Crippen LogP contribution in [0.5, 0.6) is 0 Å². The molecule has 0 atom stereocenters. The summed E-state index contributed by atoms with van der Waals surface area (Å²) in [7, 11) is 1.13. The topological polar surface area (TPSA) is 84.9 Å². The van der Waals surface area contributed by atoms with Crippen molar-refractivity contribution in [2.45, 2.75) is 6.61 Å². The highest BCUT2D eigenvalue weighted by Gasteiger charge is 2.14. The molecule has 0 bridgehead atoms. The van der Waals surface area contributed by atoms with Crippen LogP contribution in [0.15, 0.2) is 42.3 Å². The lowest BCUT2D eigenvalue weighted by Crippen LogP contribution is -2.28. The number of methoxy groups -OCH3 is 1. The molecule has 1 amide bonds. The number of esters is 1. The molecule has 0 aliphatic heterocycles. The number of rotatable bonds is 4. The summed E-state index contributed by atoms with van der Waals surface area (Å²) in [5, 5.41) is 10.8. The number of nitrogens with one attached hydrogen (secondary N) is 1. The molecule has 6 heteroatoms. The molecule has 1 aromatic rings. The lowest BCUT2D eigenvalue weighted by molar-refractivity contribution is -0.136. The minimum Gasteiger partial charge on any atom is -0.513 e. The number of aliphatic hydroxyl groups excluding tert-OH is 1. The average Bonchev–Trinajstić information content (AvgIpc) is 2.42. The highest BCUT2D eigenvalue weighted by molar-refractivity contribution is 5.91. The van der Waals surface area contributed by atoms with Gasteiger partial charge in [-0.05, 0) is 5.56 Å². The van der Waals surface area contributed by atoms with Gasteiger partial charge in [0.05, 0.1) is 7.11 Å². The van der Waals surface area contributed by atoms with Crippen molar-refractivity contribution in [1.29, 1.82) is 0 Å². The quantitative estimate of drug-likeness (QED) is 0.481. The van der Waals surface area contributed by atoms with Crippen molar-refractivity contribution in [2.24, 2.45) is 0 Å². The molecule has 0 saturated heterocycles. The van der Waals surface area contributed by atoms with Gasteiger partial charge >= 0.3 is 12.1 Å². The van der Waals surface area contributed by atoms with Gasteiger partial charge in [0.15, 0.2) is 5.70 Å². The third-order valence-corrected chi connectivity index (χ3v) is 1.98. The van der Waals surface area contributed by atoms with Gasteiger partial charge in [-0.15, -0.1) is 0 Å². The number of amides is 1. The molecule has 0 fully saturated rings. The van der Waals surface area contributed by atoms with Crippen LogP contribution in [0.2, 0.25) is 0 Å². The standard InChI is InChI=1S/C12H13NO5/c1-17-11(15)10(7-14)13-12(16)18-8-9-5-3-2-4-6-9/h2-7,14H,8H2,1H3,(H,13,16)/b10-7-. The summed E-state index contributed by atoms with van der Waals surface area (Å²) in [5.41, 5.74) is 0.413. The number of carbonyl (C=O) groups excluding carboxylic acids is 2. The van der Waals surface area contributed by atoms with E-state index in [1.54, 1.807) is 12.1 Å². The maximum absolute atomic E-state index is 11.3. The number of hydrogen-bond donors (Lipinski definition) is 2. The zero-order valence-corrected chi connectivity index (χ0v) is 9.75. The first-order valence-corrected chi connectivity index (χ1v) is 5.07. The Morgan fingerprint density at radius 3 is 2.56 bits per heavy atom. The second-order valence-electron chi connectivity index (χ2n) is 3.22. The van der Waals surface area contributed by atoms with Gasteiger partial charge in [0.1, 0.15) is 12.9 Å². The van der Waals surface area contributed by atoms with Gasteiger partial charge in [-0.2, -0.15) is 0 Å². The van der Waals surface area contributed by atoms with Crippen molar-refractivity contribution in [3.8, 4) is 0 Å². The fraction of sp³-hybridized carbons (Fsp3) is 0.167. The zero-order chi connectivity index (χ0) is 13.4. The van der Waals surface area contributed by atoms with Crippen molar-refractivity contribution in [1.82, 2.24) is 5.32 Å². The molecule has 0 aromatic heterocycles. The third-order valence-electron chi connectivity index (χ3n) is 1.98. The molecule has 18 heavy (non-hydrogen) atoms. The Bertz CT molecular complexity index is 441. The van der Waals surface area contributed by atoms with E-state index < -0.39 is 17.8 Å². The van der Waals surface area contributed by atoms with Gasteiger partial charge in [0, 0.05) is 0 Å². The molecule has 1 aromatic carbocycles. The molecule has 0 aliphatic rings. The Hall–Kier alpha value is -2.50. The zero-order valence-electron chi connectivity index (χ0n) is 9.75. The number of alkyl carbamates (subject to hydrolysis) is 1. The van der Waals surface area contributed by atoms with E-state index in [2.05, 4.69) is 10.1 Å². The number of carbonyl (C=O) groups is 2. The highest BCUT2D eigenvalue weighted by atomic mass is 16.6. The molecule has 0 aliphatic carbocycles. The van der Waals surface area contributed by atoms with E-state index in [9.17, 15) is 9.59 Å². The van der Waals surface area contributed by atoms with Crippen LogP contribution in [0, 0.1) is 0 Å². The lowest BCUT2D eigenvalue weighted by atomic mass is 10.2. The molecule has 1 rings (SSSR count).